The van der Waals surface area contributed by atoms with Gasteiger partial charge in [0.25, 0.3) is 11.8 Å². The molecular formula is C20H22BrClN2O4. The van der Waals surface area contributed by atoms with E-state index < -0.39 is 11.8 Å². The lowest BCUT2D eigenvalue weighted by Gasteiger charge is -2.22. The third kappa shape index (κ3) is 6.73. The summed E-state index contributed by atoms with van der Waals surface area (Å²) >= 11 is 9.14. The molecule has 0 saturated carbocycles. The van der Waals surface area contributed by atoms with Gasteiger partial charge in [-0.2, -0.15) is 0 Å². The van der Waals surface area contributed by atoms with Crippen molar-refractivity contribution >= 4 is 39.3 Å². The summed E-state index contributed by atoms with van der Waals surface area (Å²) in [5.41, 5.74) is 5.45. The van der Waals surface area contributed by atoms with Gasteiger partial charge in [-0.1, -0.05) is 50.6 Å². The quantitative estimate of drug-likeness (QED) is 0.627. The Kier molecular flexibility index (Phi) is 7.71. The fourth-order valence-electron chi connectivity index (χ4n) is 2.30. The van der Waals surface area contributed by atoms with Crippen LogP contribution in [0.4, 0.5) is 0 Å². The number of rotatable bonds is 6. The fourth-order valence-corrected chi connectivity index (χ4v) is 3.10. The molecule has 0 fully saturated rings. The van der Waals surface area contributed by atoms with Crippen molar-refractivity contribution in [2.75, 3.05) is 13.2 Å². The third-order valence-corrected chi connectivity index (χ3v) is 4.50. The molecule has 0 atom stereocenters. The summed E-state index contributed by atoms with van der Waals surface area (Å²) in [5.74, 6) is 0.107. The molecule has 2 aromatic rings. The van der Waals surface area contributed by atoms with Crippen molar-refractivity contribution in [2.24, 2.45) is 0 Å². The van der Waals surface area contributed by atoms with Gasteiger partial charge in [0.1, 0.15) is 11.5 Å². The summed E-state index contributed by atoms with van der Waals surface area (Å²) < 4.78 is 11.6. The van der Waals surface area contributed by atoms with Crippen molar-refractivity contribution in [1.29, 1.82) is 0 Å². The number of hydrazine groups is 1. The number of para-hydroxylation sites is 1. The number of carbonyl (C=O) groups excluding carboxylic acids is 2. The summed E-state index contributed by atoms with van der Waals surface area (Å²) in [6, 6.07) is 12.5. The minimum absolute atomic E-state index is 0.117. The minimum Gasteiger partial charge on any atom is -0.483 e. The number of carbonyl (C=O) groups is 2. The molecular weight excluding hydrogens is 448 g/mol. The second-order valence-electron chi connectivity index (χ2n) is 6.99. The normalized spacial score (nSPS) is 10.9. The molecule has 6 nitrogen and oxygen atoms in total. The molecule has 2 aromatic carbocycles. The van der Waals surface area contributed by atoms with E-state index in [1.54, 1.807) is 18.2 Å². The standard InChI is InChI=1S/C20H22BrClN2O4/c1-20(2,3)14-6-4-5-7-16(14)27-11-18(25)23-24-19(26)12-28-17-9-8-13(22)10-15(17)21/h4-10H,11-12H2,1-3H3,(H,23,25)(H,24,26). The third-order valence-electron chi connectivity index (χ3n) is 3.65. The molecule has 0 aliphatic rings. The molecule has 0 aromatic heterocycles. The van der Waals surface area contributed by atoms with E-state index in [4.69, 9.17) is 21.1 Å². The van der Waals surface area contributed by atoms with Gasteiger partial charge >= 0.3 is 0 Å². The maximum Gasteiger partial charge on any atom is 0.276 e. The lowest BCUT2D eigenvalue weighted by molar-refractivity contribution is -0.131. The zero-order valence-corrected chi connectivity index (χ0v) is 18.2. The van der Waals surface area contributed by atoms with Gasteiger partial charge in [-0.25, -0.2) is 0 Å². The van der Waals surface area contributed by atoms with Crippen molar-refractivity contribution in [2.45, 2.75) is 26.2 Å². The first-order chi connectivity index (χ1) is 13.2. The van der Waals surface area contributed by atoms with E-state index in [-0.39, 0.29) is 18.6 Å². The van der Waals surface area contributed by atoms with Crippen molar-refractivity contribution in [3.8, 4) is 11.5 Å². The lowest BCUT2D eigenvalue weighted by atomic mass is 9.86. The Balaban J connectivity index is 1.77. The van der Waals surface area contributed by atoms with Gasteiger partial charge in [0.05, 0.1) is 4.47 Å². The number of hydrogen-bond acceptors (Lipinski definition) is 4. The van der Waals surface area contributed by atoms with E-state index in [1.807, 2.05) is 24.3 Å². The van der Waals surface area contributed by atoms with Gasteiger partial charge in [0.2, 0.25) is 0 Å². The van der Waals surface area contributed by atoms with E-state index in [9.17, 15) is 9.59 Å². The lowest BCUT2D eigenvalue weighted by Crippen LogP contribution is -2.45. The van der Waals surface area contributed by atoms with E-state index >= 15 is 0 Å². The first-order valence-corrected chi connectivity index (χ1v) is 9.72. The van der Waals surface area contributed by atoms with Crippen LogP contribution in [0.5, 0.6) is 11.5 Å². The van der Waals surface area contributed by atoms with Crippen LogP contribution in [-0.4, -0.2) is 25.0 Å². The van der Waals surface area contributed by atoms with Gasteiger partial charge in [-0.15, -0.1) is 0 Å². The first kappa shape index (κ1) is 22.0. The highest BCUT2D eigenvalue weighted by Gasteiger charge is 2.19. The monoisotopic (exact) mass is 468 g/mol. The second-order valence-corrected chi connectivity index (χ2v) is 8.29. The summed E-state index contributed by atoms with van der Waals surface area (Å²) in [4.78, 5) is 23.8. The van der Waals surface area contributed by atoms with Gasteiger partial charge in [0.15, 0.2) is 13.2 Å². The van der Waals surface area contributed by atoms with Crippen molar-refractivity contribution in [3.63, 3.8) is 0 Å². The van der Waals surface area contributed by atoms with Gasteiger partial charge in [-0.3, -0.25) is 20.4 Å². The number of amides is 2. The SMILES string of the molecule is CC(C)(C)c1ccccc1OCC(=O)NNC(=O)COc1ccc(Cl)cc1Br. The number of hydrogen-bond donors (Lipinski definition) is 2. The Morgan fingerprint density at radius 3 is 2.11 bits per heavy atom. The topological polar surface area (TPSA) is 76.7 Å². The zero-order valence-electron chi connectivity index (χ0n) is 15.8. The molecule has 0 unspecified atom stereocenters. The molecule has 0 saturated heterocycles. The Labute approximate surface area is 177 Å². The van der Waals surface area contributed by atoms with Crippen LogP contribution in [-0.2, 0) is 15.0 Å². The van der Waals surface area contributed by atoms with E-state index in [0.29, 0.717) is 21.0 Å². The molecule has 2 amide bonds. The van der Waals surface area contributed by atoms with Gasteiger partial charge < -0.3 is 9.47 Å². The average molecular weight is 470 g/mol. The highest BCUT2D eigenvalue weighted by Crippen LogP contribution is 2.31. The summed E-state index contributed by atoms with van der Waals surface area (Å²) in [5, 5.41) is 0.545. The molecule has 2 N–H and O–H groups in total. The molecule has 0 radical (unpaired) electrons. The Morgan fingerprint density at radius 1 is 0.964 bits per heavy atom. The molecule has 0 aliphatic heterocycles. The second kappa shape index (κ2) is 9.80. The van der Waals surface area contributed by atoms with Crippen LogP contribution in [0, 0.1) is 0 Å². The highest BCUT2D eigenvalue weighted by atomic mass is 79.9. The van der Waals surface area contributed by atoms with Gasteiger partial charge in [-0.05, 0) is 51.2 Å². The Morgan fingerprint density at radius 2 is 1.54 bits per heavy atom. The van der Waals surface area contributed by atoms with Crippen LogP contribution >= 0.6 is 27.5 Å². The van der Waals surface area contributed by atoms with Crippen LogP contribution < -0.4 is 20.3 Å². The molecule has 0 bridgehead atoms. The van der Waals surface area contributed by atoms with Crippen molar-refractivity contribution < 1.29 is 19.1 Å². The molecule has 0 spiro atoms. The predicted octanol–water partition coefficient (Wildman–Crippen LogP) is 4.01. The van der Waals surface area contributed by atoms with E-state index in [2.05, 4.69) is 47.6 Å². The summed E-state index contributed by atoms with van der Waals surface area (Å²) in [7, 11) is 0. The number of nitrogens with one attached hydrogen (secondary N) is 2. The van der Waals surface area contributed by atoms with E-state index in [0.717, 1.165) is 5.56 Å². The van der Waals surface area contributed by atoms with E-state index in [1.165, 1.54) is 0 Å². The maximum atomic E-state index is 11.9. The largest absolute Gasteiger partial charge is 0.483 e. The number of halogens is 2. The smallest absolute Gasteiger partial charge is 0.276 e. The van der Waals surface area contributed by atoms with Gasteiger partial charge in [0, 0.05) is 5.02 Å². The summed E-state index contributed by atoms with van der Waals surface area (Å²) in [6.45, 7) is 5.70. The summed E-state index contributed by atoms with van der Waals surface area (Å²) in [6.07, 6.45) is 0. The van der Waals surface area contributed by atoms with Crippen molar-refractivity contribution in [3.05, 3.63) is 57.5 Å². The molecule has 28 heavy (non-hydrogen) atoms. The molecule has 0 aliphatic carbocycles. The maximum absolute atomic E-state index is 11.9. The van der Waals surface area contributed by atoms with Crippen LogP contribution in [0.15, 0.2) is 46.9 Å². The van der Waals surface area contributed by atoms with Crippen LogP contribution in [0.25, 0.3) is 0 Å². The van der Waals surface area contributed by atoms with Crippen LogP contribution in [0.2, 0.25) is 5.02 Å². The fraction of sp³-hybridized carbons (Fsp3) is 0.300. The number of benzene rings is 2. The molecule has 2 rings (SSSR count). The predicted molar refractivity (Wildman–Crippen MR) is 112 cm³/mol. The highest BCUT2D eigenvalue weighted by molar-refractivity contribution is 9.10. The minimum atomic E-state index is -0.509. The molecule has 8 heteroatoms. The van der Waals surface area contributed by atoms with Crippen LogP contribution in [0.3, 0.4) is 0 Å². The Bertz CT molecular complexity index is 852. The molecule has 150 valence electrons. The Hall–Kier alpha value is -2.25. The average Bonchev–Trinajstić information content (AvgIpc) is 2.63. The zero-order chi connectivity index (χ0) is 20.7. The van der Waals surface area contributed by atoms with Crippen molar-refractivity contribution in [1.82, 2.24) is 10.9 Å². The molecule has 0 heterocycles. The first-order valence-electron chi connectivity index (χ1n) is 8.54. The van der Waals surface area contributed by atoms with Crippen LogP contribution in [0.1, 0.15) is 26.3 Å². The number of ether oxygens (including phenoxy) is 2.